The first-order valence-electron chi connectivity index (χ1n) is 7.97. The molecule has 0 aliphatic rings. The first-order chi connectivity index (χ1) is 11.4. The van der Waals surface area contributed by atoms with Crippen molar-refractivity contribution in [1.29, 1.82) is 0 Å². The van der Waals surface area contributed by atoms with Crippen molar-refractivity contribution in [3.63, 3.8) is 0 Å². The van der Waals surface area contributed by atoms with Gasteiger partial charge in [0.1, 0.15) is 0 Å². The van der Waals surface area contributed by atoms with Crippen molar-refractivity contribution < 1.29 is 8.42 Å². The van der Waals surface area contributed by atoms with Gasteiger partial charge in [0.2, 0.25) is 10.0 Å². The van der Waals surface area contributed by atoms with E-state index in [0.717, 1.165) is 11.2 Å². The second-order valence-corrected chi connectivity index (χ2v) is 7.94. The van der Waals surface area contributed by atoms with Gasteiger partial charge in [0.05, 0.1) is 12.3 Å². The quantitative estimate of drug-likeness (QED) is 0.688. The van der Waals surface area contributed by atoms with Crippen LogP contribution in [-0.2, 0) is 23.0 Å². The smallest absolute Gasteiger partial charge is 0.213 e. The normalized spacial score (nSPS) is 12.1. The Labute approximate surface area is 141 Å². The molecule has 0 fully saturated rings. The molecule has 3 rings (SSSR count). The first kappa shape index (κ1) is 16.7. The molecule has 0 saturated carbocycles. The number of hydrogen-bond acceptors (Lipinski definition) is 3. The van der Waals surface area contributed by atoms with Gasteiger partial charge < -0.3 is 4.98 Å². The Kier molecular flexibility index (Phi) is 4.73. The molecule has 0 saturated heterocycles. The lowest BCUT2D eigenvalue weighted by atomic mass is 10.1. The Morgan fingerprint density at radius 2 is 2.12 bits per heavy atom. The molecule has 3 aromatic rings. The summed E-state index contributed by atoms with van der Waals surface area (Å²) in [6.45, 7) is 4.83. The van der Waals surface area contributed by atoms with Crippen LogP contribution in [0.25, 0.3) is 10.9 Å². The summed E-state index contributed by atoms with van der Waals surface area (Å²) in [5, 5.41) is 5.18. The summed E-state index contributed by atoms with van der Waals surface area (Å²) in [5.74, 6) is 0.0284. The van der Waals surface area contributed by atoms with Crippen molar-refractivity contribution in [2.75, 3.05) is 12.3 Å². The predicted molar refractivity (Wildman–Crippen MR) is 95.5 cm³/mol. The molecule has 0 aliphatic heterocycles. The third kappa shape index (κ3) is 3.85. The SMILES string of the molecule is Cc1ccc2[nH]c(C)c(CCNS(=O)(=O)CCn3cccn3)c2c1. The Balaban J connectivity index is 1.61. The number of hydrogen-bond donors (Lipinski definition) is 2. The number of benzene rings is 1. The van der Waals surface area contributed by atoms with E-state index in [0.29, 0.717) is 19.5 Å². The van der Waals surface area contributed by atoms with Gasteiger partial charge in [-0.3, -0.25) is 4.68 Å². The van der Waals surface area contributed by atoms with Crippen LogP contribution in [0.4, 0.5) is 0 Å². The van der Waals surface area contributed by atoms with Crippen LogP contribution in [0.5, 0.6) is 0 Å². The van der Waals surface area contributed by atoms with Crippen LogP contribution in [0, 0.1) is 13.8 Å². The van der Waals surface area contributed by atoms with Crippen LogP contribution in [0.15, 0.2) is 36.7 Å². The van der Waals surface area contributed by atoms with Gasteiger partial charge in [-0.25, -0.2) is 13.1 Å². The first-order valence-corrected chi connectivity index (χ1v) is 9.62. The third-order valence-electron chi connectivity index (χ3n) is 4.12. The second kappa shape index (κ2) is 6.78. The van der Waals surface area contributed by atoms with Gasteiger partial charge in [-0.05, 0) is 44.0 Å². The molecule has 0 atom stereocenters. The Morgan fingerprint density at radius 1 is 1.29 bits per heavy atom. The largest absolute Gasteiger partial charge is 0.358 e. The fourth-order valence-corrected chi connectivity index (χ4v) is 3.85. The highest BCUT2D eigenvalue weighted by atomic mass is 32.2. The molecule has 0 radical (unpaired) electrons. The van der Waals surface area contributed by atoms with Gasteiger partial charge in [-0.1, -0.05) is 11.6 Å². The third-order valence-corrected chi connectivity index (χ3v) is 5.48. The number of aromatic amines is 1. The molecule has 6 nitrogen and oxygen atoms in total. The number of fused-ring (bicyclic) bond motifs is 1. The molecule has 128 valence electrons. The van der Waals surface area contributed by atoms with Crippen LogP contribution in [-0.4, -0.2) is 35.5 Å². The highest BCUT2D eigenvalue weighted by Gasteiger charge is 2.12. The molecule has 7 heteroatoms. The van der Waals surface area contributed by atoms with Crippen LogP contribution in [0.3, 0.4) is 0 Å². The number of rotatable bonds is 7. The molecule has 0 spiro atoms. The second-order valence-electron chi connectivity index (χ2n) is 6.01. The van der Waals surface area contributed by atoms with Gasteiger partial charge in [0.15, 0.2) is 0 Å². The molecule has 1 aromatic carbocycles. The van der Waals surface area contributed by atoms with Gasteiger partial charge in [0, 0.05) is 35.5 Å². The van der Waals surface area contributed by atoms with Gasteiger partial charge in [-0.15, -0.1) is 0 Å². The molecule has 24 heavy (non-hydrogen) atoms. The molecule has 2 heterocycles. The average Bonchev–Trinajstić information content (AvgIpc) is 3.14. The Bertz CT molecular complexity index is 927. The van der Waals surface area contributed by atoms with E-state index < -0.39 is 10.0 Å². The summed E-state index contributed by atoms with van der Waals surface area (Å²) >= 11 is 0. The number of aromatic nitrogens is 3. The number of H-pyrrole nitrogens is 1. The standard InChI is InChI=1S/C17H22N4O2S/c1-13-4-5-17-16(12-13)15(14(2)20-17)6-8-19-24(22,23)11-10-21-9-3-7-18-21/h3-5,7,9,12,19-20H,6,8,10-11H2,1-2H3. The van der Waals surface area contributed by atoms with E-state index in [2.05, 4.69) is 39.9 Å². The van der Waals surface area contributed by atoms with Crippen LogP contribution in [0.2, 0.25) is 0 Å². The number of nitrogens with zero attached hydrogens (tertiary/aromatic N) is 2. The molecule has 0 aliphatic carbocycles. The van der Waals surface area contributed by atoms with Gasteiger partial charge in [-0.2, -0.15) is 5.10 Å². The minimum Gasteiger partial charge on any atom is -0.358 e. The van der Waals surface area contributed by atoms with Crippen LogP contribution in [0.1, 0.15) is 16.8 Å². The lowest BCUT2D eigenvalue weighted by molar-refractivity contribution is 0.567. The molecular formula is C17H22N4O2S. The zero-order chi connectivity index (χ0) is 17.2. The van der Waals surface area contributed by atoms with Crippen LogP contribution < -0.4 is 4.72 Å². The van der Waals surface area contributed by atoms with Crippen molar-refractivity contribution in [3.05, 3.63) is 53.5 Å². The fraction of sp³-hybridized carbons (Fsp3) is 0.353. The summed E-state index contributed by atoms with van der Waals surface area (Å²) < 4.78 is 28.5. The lowest BCUT2D eigenvalue weighted by Gasteiger charge is -2.07. The van der Waals surface area contributed by atoms with E-state index in [1.165, 1.54) is 16.5 Å². The van der Waals surface area contributed by atoms with Crippen molar-refractivity contribution in [3.8, 4) is 0 Å². The zero-order valence-electron chi connectivity index (χ0n) is 13.9. The summed E-state index contributed by atoms with van der Waals surface area (Å²) in [6, 6.07) is 8.05. The van der Waals surface area contributed by atoms with Gasteiger partial charge in [0.25, 0.3) is 0 Å². The zero-order valence-corrected chi connectivity index (χ0v) is 14.7. The maximum Gasteiger partial charge on any atom is 0.213 e. The minimum atomic E-state index is -3.31. The highest BCUT2D eigenvalue weighted by Crippen LogP contribution is 2.23. The van der Waals surface area contributed by atoms with Crippen molar-refractivity contribution in [1.82, 2.24) is 19.5 Å². The number of sulfonamides is 1. The Hall–Kier alpha value is -2.12. The van der Waals surface area contributed by atoms with E-state index in [-0.39, 0.29) is 5.75 Å². The van der Waals surface area contributed by atoms with Crippen molar-refractivity contribution in [2.45, 2.75) is 26.8 Å². The summed E-state index contributed by atoms with van der Waals surface area (Å²) in [4.78, 5) is 3.36. The molecule has 0 amide bonds. The highest BCUT2D eigenvalue weighted by molar-refractivity contribution is 7.89. The number of nitrogens with one attached hydrogen (secondary N) is 2. The van der Waals surface area contributed by atoms with E-state index in [9.17, 15) is 8.42 Å². The van der Waals surface area contributed by atoms with Crippen LogP contribution >= 0.6 is 0 Å². The molecular weight excluding hydrogens is 324 g/mol. The van der Waals surface area contributed by atoms with E-state index in [4.69, 9.17) is 0 Å². The average molecular weight is 346 g/mol. The van der Waals surface area contributed by atoms with E-state index in [1.54, 1.807) is 23.1 Å². The number of aryl methyl sites for hydroxylation is 3. The molecule has 0 bridgehead atoms. The van der Waals surface area contributed by atoms with Crippen molar-refractivity contribution >= 4 is 20.9 Å². The van der Waals surface area contributed by atoms with Gasteiger partial charge >= 0.3 is 0 Å². The molecule has 2 N–H and O–H groups in total. The maximum atomic E-state index is 12.1. The fourth-order valence-electron chi connectivity index (χ4n) is 2.87. The van der Waals surface area contributed by atoms with E-state index >= 15 is 0 Å². The topological polar surface area (TPSA) is 79.8 Å². The summed E-state index contributed by atoms with van der Waals surface area (Å²) in [6.07, 6.45) is 4.06. The predicted octanol–water partition coefficient (Wildman–Crippen LogP) is 2.14. The van der Waals surface area contributed by atoms with E-state index in [1.807, 2.05) is 6.92 Å². The minimum absolute atomic E-state index is 0.0284. The lowest BCUT2D eigenvalue weighted by Crippen LogP contribution is -2.30. The summed E-state index contributed by atoms with van der Waals surface area (Å²) in [7, 11) is -3.31. The van der Waals surface area contributed by atoms with Crippen molar-refractivity contribution in [2.24, 2.45) is 0 Å². The monoisotopic (exact) mass is 346 g/mol. The Morgan fingerprint density at radius 3 is 2.88 bits per heavy atom. The molecule has 0 unspecified atom stereocenters. The maximum absolute atomic E-state index is 12.1. The molecule has 2 aromatic heterocycles. The summed E-state index contributed by atoms with van der Waals surface area (Å²) in [5.41, 5.74) is 4.55.